The predicted octanol–water partition coefficient (Wildman–Crippen LogP) is 0.370. The van der Waals surface area contributed by atoms with Gasteiger partial charge in [0.2, 0.25) is 0 Å². The molecule has 14 heavy (non-hydrogen) atoms. The highest BCUT2D eigenvalue weighted by atomic mass is 127. The van der Waals surface area contributed by atoms with Gasteiger partial charge in [-0.15, -0.1) is 0 Å². The lowest BCUT2D eigenvalue weighted by atomic mass is 10.4. The topological polar surface area (TPSA) is 13.1 Å². The number of rotatable bonds is 2. The van der Waals surface area contributed by atoms with Gasteiger partial charge in [-0.05, 0) is 37.3 Å². The molecular weight excluding hydrogens is 310 g/mol. The van der Waals surface area contributed by atoms with Gasteiger partial charge in [0.1, 0.15) is 5.76 Å². The van der Waals surface area contributed by atoms with Gasteiger partial charge in [-0.25, -0.2) is 0 Å². The van der Waals surface area contributed by atoms with E-state index in [1.807, 2.05) is 25.1 Å². The van der Waals surface area contributed by atoms with Crippen LogP contribution in [0.2, 0.25) is 5.02 Å². The van der Waals surface area contributed by atoms with Gasteiger partial charge in [0, 0.05) is 11.1 Å². The van der Waals surface area contributed by atoms with E-state index in [2.05, 4.69) is 18.2 Å². The maximum absolute atomic E-state index is 5.81. The summed E-state index contributed by atoms with van der Waals surface area (Å²) in [5, 5.41) is 0.786. The first-order chi connectivity index (χ1) is 6.74. The number of aryl methyl sites for hydroxylation is 1. The minimum atomic E-state index is -0.189. The Hall–Kier alpha value is -0.480. The Morgan fingerprint density at radius 1 is 1.07 bits per heavy atom. The molecule has 0 saturated heterocycles. The quantitative estimate of drug-likeness (QED) is 0.729. The van der Waals surface area contributed by atoms with Crippen molar-refractivity contribution in [3.05, 3.63) is 54.5 Å². The van der Waals surface area contributed by atoms with Crippen LogP contribution in [-0.4, -0.2) is 0 Å². The van der Waals surface area contributed by atoms with Gasteiger partial charge in [-0.2, -0.15) is 0 Å². The van der Waals surface area contributed by atoms with E-state index in [1.54, 1.807) is 0 Å². The van der Waals surface area contributed by atoms with Crippen LogP contribution in [0.15, 0.2) is 40.8 Å². The van der Waals surface area contributed by atoms with Crippen molar-refractivity contribution in [3.8, 4) is 0 Å². The van der Waals surface area contributed by atoms with Crippen molar-refractivity contribution >= 4 is 11.6 Å². The van der Waals surface area contributed by atoms with Gasteiger partial charge in [0.25, 0.3) is 0 Å². The second-order valence-electron chi connectivity index (χ2n) is 2.88. The highest BCUT2D eigenvalue weighted by Crippen LogP contribution is 2.04. The fourth-order valence-corrected chi connectivity index (χ4v) is 3.33. The first kappa shape index (κ1) is 10.1. The number of hydrogen-bond acceptors (Lipinski definition) is 1. The Morgan fingerprint density at radius 3 is 2.36 bits per heavy atom. The Balaban J connectivity index is 2.15. The molecule has 1 heterocycles. The SMILES string of the molecule is Cc1ccc([I+]c2ccc(Cl)cc2)o1. The van der Waals surface area contributed by atoms with Crippen molar-refractivity contribution in [3.63, 3.8) is 0 Å². The Morgan fingerprint density at radius 2 is 1.79 bits per heavy atom. The van der Waals surface area contributed by atoms with Crippen molar-refractivity contribution in [2.24, 2.45) is 0 Å². The molecule has 1 aromatic carbocycles. The van der Waals surface area contributed by atoms with Crippen LogP contribution in [0.4, 0.5) is 0 Å². The zero-order valence-electron chi connectivity index (χ0n) is 7.63. The lowest BCUT2D eigenvalue weighted by Gasteiger charge is -1.85. The van der Waals surface area contributed by atoms with E-state index in [-0.39, 0.29) is 21.2 Å². The third-order valence-electron chi connectivity index (χ3n) is 1.71. The smallest absolute Gasteiger partial charge is 0.400 e. The molecule has 72 valence electrons. The fourth-order valence-electron chi connectivity index (χ4n) is 1.06. The molecule has 0 aliphatic carbocycles. The van der Waals surface area contributed by atoms with Crippen LogP contribution in [0.5, 0.6) is 0 Å². The summed E-state index contributed by atoms with van der Waals surface area (Å²) < 4.78 is 7.96. The highest BCUT2D eigenvalue weighted by molar-refractivity contribution is 6.30. The maximum Gasteiger partial charge on any atom is 0.400 e. The molecule has 1 aromatic heterocycles. The summed E-state index contributed by atoms with van der Waals surface area (Å²) in [6.45, 7) is 1.97. The number of benzene rings is 1. The molecule has 0 amide bonds. The second-order valence-corrected chi connectivity index (χ2v) is 6.17. The minimum absolute atomic E-state index is 0.189. The van der Waals surface area contributed by atoms with Crippen LogP contribution in [0.3, 0.4) is 0 Å². The lowest BCUT2D eigenvalue weighted by molar-refractivity contribution is -0.617. The normalized spacial score (nSPS) is 10.4. The van der Waals surface area contributed by atoms with Gasteiger partial charge in [0.15, 0.2) is 3.57 Å². The maximum atomic E-state index is 5.81. The molecule has 3 heteroatoms. The van der Waals surface area contributed by atoms with Gasteiger partial charge in [0.05, 0.1) is 0 Å². The van der Waals surface area contributed by atoms with Crippen LogP contribution >= 0.6 is 11.6 Å². The average molecular weight is 320 g/mol. The van der Waals surface area contributed by atoms with Gasteiger partial charge in [-0.3, -0.25) is 0 Å². The summed E-state index contributed by atoms with van der Waals surface area (Å²) in [6.07, 6.45) is 0. The molecule has 0 N–H and O–H groups in total. The third-order valence-corrected chi connectivity index (χ3v) is 4.42. The van der Waals surface area contributed by atoms with E-state index >= 15 is 0 Å². The molecule has 2 rings (SSSR count). The van der Waals surface area contributed by atoms with E-state index in [4.69, 9.17) is 16.0 Å². The van der Waals surface area contributed by atoms with Gasteiger partial charge < -0.3 is 4.42 Å². The van der Waals surface area contributed by atoms with E-state index in [9.17, 15) is 0 Å². The molecule has 0 spiro atoms. The summed E-state index contributed by atoms with van der Waals surface area (Å²) in [6, 6.07) is 12.0. The van der Waals surface area contributed by atoms with Crippen molar-refractivity contribution in [1.82, 2.24) is 0 Å². The Bertz CT molecular complexity index is 419. The molecule has 0 bridgehead atoms. The number of hydrogen-bond donors (Lipinski definition) is 0. The zero-order chi connectivity index (χ0) is 9.97. The molecule has 0 fully saturated rings. The molecule has 0 saturated carbocycles. The molecule has 0 aliphatic heterocycles. The monoisotopic (exact) mass is 319 g/mol. The van der Waals surface area contributed by atoms with Crippen LogP contribution in [0.25, 0.3) is 0 Å². The molecule has 2 aromatic rings. The van der Waals surface area contributed by atoms with Crippen molar-refractivity contribution < 1.29 is 25.6 Å². The first-order valence-corrected chi connectivity index (χ1v) is 6.74. The highest BCUT2D eigenvalue weighted by Gasteiger charge is 2.18. The number of halogens is 2. The zero-order valence-corrected chi connectivity index (χ0v) is 10.5. The predicted molar refractivity (Wildman–Crippen MR) is 52.3 cm³/mol. The van der Waals surface area contributed by atoms with E-state index in [1.165, 1.54) is 3.57 Å². The summed E-state index contributed by atoms with van der Waals surface area (Å²) in [5.74, 6) is 0.980. The number of furan rings is 1. The molecule has 0 unspecified atom stereocenters. The lowest BCUT2D eigenvalue weighted by Crippen LogP contribution is -3.61. The minimum Gasteiger partial charge on any atom is -0.424 e. The van der Waals surface area contributed by atoms with Gasteiger partial charge >= 0.3 is 25.0 Å². The fraction of sp³-hybridized carbons (Fsp3) is 0.0909. The van der Waals surface area contributed by atoms with Gasteiger partial charge in [-0.1, -0.05) is 11.6 Å². The van der Waals surface area contributed by atoms with E-state index in [0.717, 1.165) is 14.5 Å². The molecule has 0 radical (unpaired) electrons. The third kappa shape index (κ3) is 2.51. The van der Waals surface area contributed by atoms with Crippen LogP contribution in [-0.2, 0) is 0 Å². The Kier molecular flexibility index (Phi) is 3.13. The van der Waals surface area contributed by atoms with Crippen LogP contribution < -0.4 is 21.2 Å². The molecule has 0 aliphatic rings. The summed E-state index contributed by atoms with van der Waals surface area (Å²) in [5.41, 5.74) is 0. The average Bonchev–Trinajstić information content (AvgIpc) is 2.56. The summed E-state index contributed by atoms with van der Waals surface area (Å²) in [4.78, 5) is 0. The summed E-state index contributed by atoms with van der Waals surface area (Å²) in [7, 11) is 0. The van der Waals surface area contributed by atoms with E-state index in [0.29, 0.717) is 0 Å². The van der Waals surface area contributed by atoms with Crippen LogP contribution in [0, 0.1) is 14.3 Å². The first-order valence-electron chi connectivity index (χ1n) is 4.21. The van der Waals surface area contributed by atoms with Crippen molar-refractivity contribution in [1.29, 1.82) is 0 Å². The molecule has 0 atom stereocenters. The largest absolute Gasteiger partial charge is 0.424 e. The molecule has 1 nitrogen and oxygen atoms in total. The second kappa shape index (κ2) is 4.36. The van der Waals surface area contributed by atoms with Crippen molar-refractivity contribution in [2.75, 3.05) is 0 Å². The Labute approximate surface area is 98.3 Å². The standard InChI is InChI=1S/C11H9ClIO/c1-8-2-7-11(14-8)13-10-5-3-9(12)4-6-10/h2-7H,1H3/q+1. The van der Waals surface area contributed by atoms with Crippen molar-refractivity contribution in [2.45, 2.75) is 6.92 Å². The molecular formula is C11H9ClIO+. The van der Waals surface area contributed by atoms with E-state index < -0.39 is 0 Å². The summed E-state index contributed by atoms with van der Waals surface area (Å²) >= 11 is 5.62. The van der Waals surface area contributed by atoms with Crippen LogP contribution in [0.1, 0.15) is 5.76 Å².